The van der Waals surface area contributed by atoms with Gasteiger partial charge in [-0.1, -0.05) is 48.0 Å². The molecule has 8 N–H and O–H groups in total. The molecule has 246 valence electrons. The topological polar surface area (TPSA) is 128 Å². The van der Waals surface area contributed by atoms with Crippen molar-refractivity contribution in [3.05, 3.63) is 0 Å². The minimum Gasteiger partial charge on any atom is -0.301 e. The average molecular weight is 588 g/mol. The van der Waals surface area contributed by atoms with Crippen LogP contribution in [0, 0.1) is 0 Å². The molecule has 1 amide bonds. The quantitative estimate of drug-likeness (QED) is 0.0479. The lowest BCUT2D eigenvalue weighted by Crippen LogP contribution is -2.83. The molecule has 41 heavy (non-hydrogen) atoms. The van der Waals surface area contributed by atoms with Crippen molar-refractivity contribution in [2.75, 3.05) is 60.9 Å². The largest absolute Gasteiger partial charge is 0.301 e. The molecule has 12 nitrogen and oxygen atoms in total. The molecule has 0 heterocycles. The first-order chi connectivity index (χ1) is 19.4. The van der Waals surface area contributed by atoms with Crippen molar-refractivity contribution >= 4 is 5.91 Å². The zero-order valence-corrected chi connectivity index (χ0v) is 28.8. The lowest BCUT2D eigenvalue weighted by atomic mass is 9.95. The van der Waals surface area contributed by atoms with Crippen molar-refractivity contribution in [1.82, 2.24) is 52.2 Å². The van der Waals surface area contributed by atoms with E-state index in [-0.39, 0.29) is 11.9 Å². The molecule has 0 radical (unpaired) electrons. The molecule has 0 spiro atoms. The van der Waals surface area contributed by atoms with E-state index in [0.717, 1.165) is 45.3 Å². The van der Waals surface area contributed by atoms with Gasteiger partial charge in [-0.25, -0.2) is 21.0 Å². The molecular formula is C29H69N11O. The highest BCUT2D eigenvalue weighted by atomic mass is 16.2. The van der Waals surface area contributed by atoms with E-state index < -0.39 is 17.2 Å². The van der Waals surface area contributed by atoms with Crippen molar-refractivity contribution in [2.45, 2.75) is 124 Å². The molecule has 0 aromatic rings. The van der Waals surface area contributed by atoms with Gasteiger partial charge in [0.05, 0.1) is 0 Å². The lowest BCUT2D eigenvalue weighted by molar-refractivity contribution is -0.225. The third-order valence-corrected chi connectivity index (χ3v) is 7.87. The summed E-state index contributed by atoms with van der Waals surface area (Å²) in [7, 11) is 7.82. The monoisotopic (exact) mass is 588 g/mol. The maximum atomic E-state index is 15.2. The summed E-state index contributed by atoms with van der Waals surface area (Å²) < 4.78 is 0. The summed E-state index contributed by atoms with van der Waals surface area (Å²) in [5, 5.41) is 20.6. The summed E-state index contributed by atoms with van der Waals surface area (Å²) >= 11 is 0. The van der Waals surface area contributed by atoms with Crippen LogP contribution in [-0.2, 0) is 4.79 Å². The van der Waals surface area contributed by atoms with Gasteiger partial charge in [-0.15, -0.1) is 0 Å². The van der Waals surface area contributed by atoms with Crippen molar-refractivity contribution in [3.63, 3.8) is 0 Å². The van der Waals surface area contributed by atoms with Crippen LogP contribution in [-0.4, -0.2) is 110 Å². The Morgan fingerprint density at radius 3 is 1.90 bits per heavy atom. The van der Waals surface area contributed by atoms with E-state index in [1.54, 1.807) is 5.12 Å². The number of hydrazine groups is 3. The Morgan fingerprint density at radius 1 is 0.854 bits per heavy atom. The number of nitrogens with zero attached hydrogens (tertiary/aromatic N) is 4. The van der Waals surface area contributed by atoms with Gasteiger partial charge in [0.1, 0.15) is 11.6 Å². The number of nitrogens with one attached hydrogen (secondary N) is 6. The Balaban J connectivity index is 7.45. The predicted molar refractivity (Wildman–Crippen MR) is 173 cm³/mol. The van der Waals surface area contributed by atoms with E-state index in [9.17, 15) is 0 Å². The summed E-state index contributed by atoms with van der Waals surface area (Å²) in [5.74, 6) is -1.44. The highest BCUT2D eigenvalue weighted by Gasteiger charge is 2.55. The number of hydrogen-bond acceptors (Lipinski definition) is 11. The second kappa shape index (κ2) is 20.1. The molecule has 0 aromatic heterocycles. The zero-order chi connectivity index (χ0) is 31.7. The fourth-order valence-corrected chi connectivity index (χ4v) is 5.37. The third kappa shape index (κ3) is 10.9. The maximum Gasteiger partial charge on any atom is 0.288 e. The van der Waals surface area contributed by atoms with Gasteiger partial charge in [-0.2, -0.15) is 5.01 Å². The molecule has 12 heteroatoms. The average Bonchev–Trinajstić information content (AvgIpc) is 2.95. The molecule has 0 fully saturated rings. The minimum atomic E-state index is -1.11. The Hall–Kier alpha value is -0.930. The van der Waals surface area contributed by atoms with Gasteiger partial charge < -0.3 is 5.73 Å². The Morgan fingerprint density at radius 2 is 1.49 bits per heavy atom. The van der Waals surface area contributed by atoms with Crippen LogP contribution >= 0.6 is 0 Å². The van der Waals surface area contributed by atoms with Gasteiger partial charge in [0.15, 0.2) is 5.66 Å². The van der Waals surface area contributed by atoms with Gasteiger partial charge in [-0.3, -0.25) is 31.0 Å². The fourth-order valence-electron chi connectivity index (χ4n) is 5.37. The van der Waals surface area contributed by atoms with Crippen molar-refractivity contribution in [3.8, 4) is 0 Å². The van der Waals surface area contributed by atoms with E-state index in [0.29, 0.717) is 32.4 Å². The standard InChI is InChI=1S/C29H69N11O/c1-13-19-24-34-27(21-20-22-28(30,31-9)37(11)12,26(41)39(35-23-14-2)36-25(7)8)40(38(17-5)18-6)29(15-3,32-10)33-16-4/h25,31-36H,13-24,30H2,1-12H3. The summed E-state index contributed by atoms with van der Waals surface area (Å²) in [6, 6.07) is 0.0577. The number of hydrogen-bond donors (Lipinski definition) is 7. The highest BCUT2D eigenvalue weighted by Crippen LogP contribution is 2.32. The van der Waals surface area contributed by atoms with Crippen molar-refractivity contribution in [1.29, 1.82) is 0 Å². The van der Waals surface area contributed by atoms with Crippen molar-refractivity contribution in [2.24, 2.45) is 5.73 Å². The van der Waals surface area contributed by atoms with Gasteiger partial charge >= 0.3 is 0 Å². The number of rotatable bonds is 25. The van der Waals surface area contributed by atoms with E-state index in [1.165, 1.54) is 0 Å². The summed E-state index contributed by atoms with van der Waals surface area (Å²) in [4.78, 5) is 17.2. The summed E-state index contributed by atoms with van der Waals surface area (Å²) in [5.41, 5.74) is 12.4. The van der Waals surface area contributed by atoms with E-state index in [2.05, 4.69) is 97.5 Å². The first-order valence-corrected chi connectivity index (χ1v) is 16.1. The number of unbranched alkanes of at least 4 members (excludes halogenated alkanes) is 1. The molecule has 0 bridgehead atoms. The molecule has 3 unspecified atom stereocenters. The van der Waals surface area contributed by atoms with Crippen molar-refractivity contribution < 1.29 is 4.79 Å². The smallest absolute Gasteiger partial charge is 0.288 e. The van der Waals surface area contributed by atoms with Crippen LogP contribution in [0.15, 0.2) is 0 Å². The van der Waals surface area contributed by atoms with Crippen LogP contribution in [0.1, 0.15) is 100 Å². The van der Waals surface area contributed by atoms with Gasteiger partial charge in [0.25, 0.3) is 5.91 Å². The first kappa shape index (κ1) is 40.1. The fraction of sp³-hybridized carbons (Fsp3) is 0.966. The highest BCUT2D eigenvalue weighted by molar-refractivity contribution is 5.85. The molecular weight excluding hydrogens is 518 g/mol. The SMILES string of the molecule is CCCCNC(CCCC(N)(NC)N(C)C)(C(=O)N(NCCC)NC(C)C)N(N(CC)CC)C(CC)(NC)NCC. The minimum absolute atomic E-state index is 0.0577. The van der Waals surface area contributed by atoms with Gasteiger partial charge in [0, 0.05) is 25.7 Å². The summed E-state index contributed by atoms with van der Waals surface area (Å²) in [6.45, 7) is 20.6. The molecule has 0 saturated heterocycles. The molecule has 0 saturated carbocycles. The van der Waals surface area contributed by atoms with E-state index in [4.69, 9.17) is 5.73 Å². The van der Waals surface area contributed by atoms with Crippen LogP contribution in [0.25, 0.3) is 0 Å². The Bertz CT molecular complexity index is 688. The van der Waals surface area contributed by atoms with Crippen LogP contribution < -0.4 is 37.9 Å². The predicted octanol–water partition coefficient (Wildman–Crippen LogP) is 1.74. The normalized spacial score (nSPS) is 16.8. The molecule has 0 aliphatic heterocycles. The van der Waals surface area contributed by atoms with Crippen LogP contribution in [0.2, 0.25) is 0 Å². The summed E-state index contributed by atoms with van der Waals surface area (Å²) in [6.07, 6.45) is 5.51. The second-order valence-corrected chi connectivity index (χ2v) is 11.3. The number of nitrogens with two attached hydrogens (primary N) is 1. The number of amides is 1. The second-order valence-electron chi connectivity index (χ2n) is 11.3. The Kier molecular flexibility index (Phi) is 19.6. The van der Waals surface area contributed by atoms with Crippen LogP contribution in [0.5, 0.6) is 0 Å². The first-order valence-electron chi connectivity index (χ1n) is 16.1. The van der Waals surface area contributed by atoms with Crippen LogP contribution in [0.4, 0.5) is 0 Å². The Labute approximate surface area is 253 Å². The van der Waals surface area contributed by atoms with E-state index in [1.807, 2.05) is 33.1 Å². The molecule has 3 atom stereocenters. The zero-order valence-electron chi connectivity index (χ0n) is 28.8. The molecule has 0 aliphatic carbocycles. The molecule has 0 rings (SSSR count). The number of carbonyl (C=O) groups excluding carboxylic acids is 1. The maximum absolute atomic E-state index is 15.2. The molecule has 0 aromatic carbocycles. The van der Waals surface area contributed by atoms with Gasteiger partial charge in [-0.05, 0) is 93.7 Å². The third-order valence-electron chi connectivity index (χ3n) is 7.87. The van der Waals surface area contributed by atoms with E-state index >= 15 is 4.79 Å². The van der Waals surface area contributed by atoms with Gasteiger partial charge in [0.2, 0.25) is 0 Å². The van der Waals surface area contributed by atoms with Crippen LogP contribution in [0.3, 0.4) is 0 Å². The lowest BCUT2D eigenvalue weighted by Gasteiger charge is -2.58. The number of carbonyl (C=O) groups is 1. The molecule has 0 aliphatic rings.